The Morgan fingerprint density at radius 1 is 1.14 bits per heavy atom. The van der Waals surface area contributed by atoms with Crippen LogP contribution in [0.2, 0.25) is 5.02 Å². The Kier molecular flexibility index (Phi) is 5.00. The van der Waals surface area contributed by atoms with Crippen molar-refractivity contribution in [3.8, 4) is 0 Å². The summed E-state index contributed by atoms with van der Waals surface area (Å²) in [5, 5.41) is 3.59. The molecule has 2 aromatic rings. The molecule has 5 nitrogen and oxygen atoms in total. The van der Waals surface area contributed by atoms with Crippen molar-refractivity contribution in [1.29, 1.82) is 0 Å². The van der Waals surface area contributed by atoms with Gasteiger partial charge in [0.1, 0.15) is 0 Å². The Morgan fingerprint density at radius 2 is 1.83 bits per heavy atom. The van der Waals surface area contributed by atoms with Crippen LogP contribution < -0.4 is 5.32 Å². The van der Waals surface area contributed by atoms with Crippen molar-refractivity contribution in [2.45, 2.75) is 19.3 Å². The molecule has 0 aliphatic carbocycles. The first kappa shape index (κ1) is 19.7. The first-order valence-corrected chi connectivity index (χ1v) is 11.2. The molecule has 1 unspecified atom stereocenters. The van der Waals surface area contributed by atoms with E-state index in [4.69, 9.17) is 16.3 Å². The lowest BCUT2D eigenvalue weighted by Crippen LogP contribution is -2.32. The van der Waals surface area contributed by atoms with Gasteiger partial charge in [0, 0.05) is 16.3 Å². The van der Waals surface area contributed by atoms with E-state index in [-0.39, 0.29) is 16.2 Å². The molecule has 2 aromatic carbocycles. The Labute approximate surface area is 175 Å². The lowest BCUT2D eigenvalue weighted by atomic mass is 9.84. The van der Waals surface area contributed by atoms with Gasteiger partial charge in [0.05, 0.1) is 35.0 Å². The van der Waals surface area contributed by atoms with Crippen LogP contribution in [0.5, 0.6) is 0 Å². The summed E-state index contributed by atoms with van der Waals surface area (Å²) in [7, 11) is -2.40. The van der Waals surface area contributed by atoms with Crippen LogP contribution in [0.15, 0.2) is 64.7 Å². The van der Waals surface area contributed by atoms with Crippen LogP contribution in [0.25, 0.3) is 5.70 Å². The maximum atomic E-state index is 13.4. The van der Waals surface area contributed by atoms with Crippen LogP contribution in [0.1, 0.15) is 29.5 Å². The minimum Gasteiger partial charge on any atom is -0.466 e. The van der Waals surface area contributed by atoms with E-state index in [2.05, 4.69) is 5.32 Å². The largest absolute Gasteiger partial charge is 0.466 e. The van der Waals surface area contributed by atoms with Crippen LogP contribution in [-0.4, -0.2) is 27.2 Å². The van der Waals surface area contributed by atoms with Gasteiger partial charge in [-0.1, -0.05) is 54.1 Å². The molecule has 2 aliphatic rings. The summed E-state index contributed by atoms with van der Waals surface area (Å²) in [6.07, 6.45) is 0.398. The molecule has 0 saturated heterocycles. The molecule has 7 heteroatoms. The zero-order valence-corrected chi connectivity index (χ0v) is 17.6. The standard InChI is InChI=1S/C22H20ClNO4S/c1-13-18(22(25)28-2)19(16-9-5-6-10-17(16)23)21-20(24-13)15-8-4-3-7-14(15)11-12-29(21,26)27/h3-10,19,24H,11-12H2,1-2H3. The highest BCUT2D eigenvalue weighted by molar-refractivity contribution is 7.95. The second-order valence-electron chi connectivity index (χ2n) is 7.08. The maximum absolute atomic E-state index is 13.4. The number of benzene rings is 2. The average molecular weight is 430 g/mol. The second kappa shape index (κ2) is 7.35. The molecule has 0 radical (unpaired) electrons. The van der Waals surface area contributed by atoms with Crippen molar-refractivity contribution in [2.75, 3.05) is 12.9 Å². The molecular formula is C22H20ClNO4S. The van der Waals surface area contributed by atoms with Crippen LogP contribution in [0, 0.1) is 0 Å². The van der Waals surface area contributed by atoms with Gasteiger partial charge in [0.15, 0.2) is 9.84 Å². The summed E-state index contributed by atoms with van der Waals surface area (Å²) >= 11 is 6.47. The molecule has 4 rings (SSSR count). The summed E-state index contributed by atoms with van der Waals surface area (Å²) in [4.78, 5) is 12.9. The Bertz CT molecular complexity index is 1180. The highest BCUT2D eigenvalue weighted by atomic mass is 35.5. The monoisotopic (exact) mass is 429 g/mol. The van der Waals surface area contributed by atoms with Crippen molar-refractivity contribution in [1.82, 2.24) is 5.32 Å². The van der Waals surface area contributed by atoms with Crippen molar-refractivity contribution in [2.24, 2.45) is 0 Å². The van der Waals surface area contributed by atoms with E-state index in [9.17, 15) is 13.2 Å². The number of nitrogens with one attached hydrogen (secondary N) is 1. The molecule has 1 N–H and O–H groups in total. The number of hydrogen-bond acceptors (Lipinski definition) is 5. The molecule has 2 aliphatic heterocycles. The number of carbonyl (C=O) groups excluding carboxylic acids is 1. The molecule has 1 atom stereocenters. The van der Waals surface area contributed by atoms with Crippen LogP contribution in [-0.2, 0) is 25.8 Å². The summed E-state index contributed by atoms with van der Waals surface area (Å²) in [6.45, 7) is 1.75. The van der Waals surface area contributed by atoms with E-state index < -0.39 is 21.7 Å². The number of fused-ring (bicyclic) bond motifs is 2. The van der Waals surface area contributed by atoms with Crippen LogP contribution in [0.3, 0.4) is 0 Å². The first-order chi connectivity index (χ1) is 13.8. The van der Waals surface area contributed by atoms with E-state index >= 15 is 0 Å². The number of dihydropyridines is 1. The Hall–Kier alpha value is -2.57. The zero-order valence-electron chi connectivity index (χ0n) is 16.0. The molecule has 0 spiro atoms. The number of sulfone groups is 1. The van der Waals surface area contributed by atoms with Gasteiger partial charge in [-0.2, -0.15) is 0 Å². The van der Waals surface area contributed by atoms with Gasteiger partial charge in [-0.3, -0.25) is 0 Å². The van der Waals surface area contributed by atoms with Gasteiger partial charge >= 0.3 is 5.97 Å². The van der Waals surface area contributed by atoms with E-state index in [1.807, 2.05) is 24.3 Å². The summed E-state index contributed by atoms with van der Waals surface area (Å²) in [5.74, 6) is -1.47. The van der Waals surface area contributed by atoms with E-state index in [0.29, 0.717) is 28.4 Å². The number of methoxy groups -OCH3 is 1. The number of hydrogen-bond donors (Lipinski definition) is 1. The van der Waals surface area contributed by atoms with Gasteiger partial charge in [-0.25, -0.2) is 13.2 Å². The second-order valence-corrected chi connectivity index (χ2v) is 9.56. The molecule has 0 saturated carbocycles. The third-order valence-electron chi connectivity index (χ3n) is 5.40. The fourth-order valence-electron chi connectivity index (χ4n) is 4.07. The topological polar surface area (TPSA) is 72.5 Å². The highest BCUT2D eigenvalue weighted by Crippen LogP contribution is 2.47. The number of aryl methyl sites for hydroxylation is 1. The van der Waals surface area contributed by atoms with Crippen molar-refractivity contribution in [3.63, 3.8) is 0 Å². The Morgan fingerprint density at radius 3 is 2.55 bits per heavy atom. The third-order valence-corrected chi connectivity index (χ3v) is 7.59. The molecule has 0 fully saturated rings. The van der Waals surface area contributed by atoms with Gasteiger partial charge in [0.2, 0.25) is 0 Å². The van der Waals surface area contributed by atoms with E-state index in [0.717, 1.165) is 11.1 Å². The molecule has 0 bridgehead atoms. The molecule has 0 amide bonds. The first-order valence-electron chi connectivity index (χ1n) is 9.21. The molecule has 0 aromatic heterocycles. The number of carbonyl (C=O) groups is 1. The van der Waals surface area contributed by atoms with Gasteiger partial charge in [-0.15, -0.1) is 0 Å². The number of rotatable bonds is 2. The normalized spacial score (nSPS) is 20.3. The van der Waals surface area contributed by atoms with Crippen molar-refractivity contribution >= 4 is 33.1 Å². The highest BCUT2D eigenvalue weighted by Gasteiger charge is 2.43. The molecule has 150 valence electrons. The van der Waals surface area contributed by atoms with Gasteiger partial charge in [0.25, 0.3) is 0 Å². The fourth-order valence-corrected chi connectivity index (χ4v) is 6.10. The number of halogens is 1. The predicted molar refractivity (Wildman–Crippen MR) is 113 cm³/mol. The average Bonchev–Trinajstić information content (AvgIpc) is 2.82. The molecule has 29 heavy (non-hydrogen) atoms. The summed E-state index contributed by atoms with van der Waals surface area (Å²) in [6, 6.07) is 14.6. The fraction of sp³-hybridized carbons (Fsp3) is 0.227. The number of esters is 1. The summed E-state index contributed by atoms with van der Waals surface area (Å²) < 4.78 is 31.9. The molecule has 2 heterocycles. The minimum absolute atomic E-state index is 0.0427. The van der Waals surface area contributed by atoms with E-state index in [1.165, 1.54) is 7.11 Å². The third kappa shape index (κ3) is 3.26. The number of ether oxygens (including phenoxy) is 1. The van der Waals surface area contributed by atoms with Crippen LogP contribution in [0.4, 0.5) is 0 Å². The zero-order chi connectivity index (χ0) is 20.8. The van der Waals surface area contributed by atoms with Crippen molar-refractivity contribution < 1.29 is 17.9 Å². The van der Waals surface area contributed by atoms with Gasteiger partial charge in [-0.05, 0) is 30.5 Å². The minimum atomic E-state index is -3.68. The lowest BCUT2D eigenvalue weighted by molar-refractivity contribution is -0.136. The van der Waals surface area contributed by atoms with Crippen LogP contribution >= 0.6 is 11.6 Å². The van der Waals surface area contributed by atoms with E-state index in [1.54, 1.807) is 31.2 Å². The predicted octanol–water partition coefficient (Wildman–Crippen LogP) is 3.81. The SMILES string of the molecule is COC(=O)C1=C(C)NC2=C(C1c1ccccc1Cl)S(=O)(=O)CCc1ccccc12. The Balaban J connectivity index is 2.09. The maximum Gasteiger partial charge on any atom is 0.336 e. The molecular weight excluding hydrogens is 410 g/mol. The lowest BCUT2D eigenvalue weighted by Gasteiger charge is -2.32. The summed E-state index contributed by atoms with van der Waals surface area (Å²) in [5.41, 5.74) is 3.64. The smallest absolute Gasteiger partial charge is 0.336 e. The van der Waals surface area contributed by atoms with Crippen molar-refractivity contribution in [3.05, 3.63) is 86.4 Å². The quantitative estimate of drug-likeness (QED) is 0.735. The van der Waals surface area contributed by atoms with Gasteiger partial charge < -0.3 is 10.1 Å². The number of allylic oxidation sites excluding steroid dienone is 2.